The highest BCUT2D eigenvalue weighted by molar-refractivity contribution is 5.90. The number of hydrogen-bond acceptors (Lipinski definition) is 2. The van der Waals surface area contributed by atoms with Crippen molar-refractivity contribution in [1.29, 1.82) is 0 Å². The third kappa shape index (κ3) is 4.99. The Kier molecular flexibility index (Phi) is 6.55. The number of benzene rings is 3. The van der Waals surface area contributed by atoms with E-state index in [-0.39, 0.29) is 23.9 Å². The van der Waals surface area contributed by atoms with Crippen LogP contribution in [0.15, 0.2) is 78.9 Å². The van der Waals surface area contributed by atoms with E-state index in [1.165, 1.54) is 5.56 Å². The predicted octanol–water partition coefficient (Wildman–Crippen LogP) is 5.14. The molecule has 2 N–H and O–H groups in total. The first-order valence-corrected chi connectivity index (χ1v) is 11.1. The van der Waals surface area contributed by atoms with Crippen LogP contribution in [0.1, 0.15) is 42.1 Å². The molecule has 164 valence electrons. The molecule has 0 spiro atoms. The number of carbonyl (C=O) groups is 2. The van der Waals surface area contributed by atoms with E-state index in [1.807, 2.05) is 97.6 Å². The second-order valence-electron chi connectivity index (χ2n) is 8.50. The SMILES string of the molecule is CC(C)C(=O)N1CCc2ccc(NC(=O)NC(c3ccccc3)c3ccccc3)cc2C1. The fraction of sp³-hybridized carbons (Fsp3) is 0.259. The van der Waals surface area contributed by atoms with E-state index >= 15 is 0 Å². The number of anilines is 1. The van der Waals surface area contributed by atoms with E-state index in [1.54, 1.807) is 0 Å². The van der Waals surface area contributed by atoms with Gasteiger partial charge in [-0.3, -0.25) is 4.79 Å². The zero-order chi connectivity index (χ0) is 22.5. The van der Waals surface area contributed by atoms with Crippen LogP contribution in [0, 0.1) is 5.92 Å². The molecule has 4 rings (SSSR count). The third-order valence-corrected chi connectivity index (χ3v) is 5.82. The minimum Gasteiger partial charge on any atom is -0.338 e. The Hall–Kier alpha value is -3.60. The van der Waals surface area contributed by atoms with Gasteiger partial charge in [0.15, 0.2) is 0 Å². The van der Waals surface area contributed by atoms with Gasteiger partial charge in [0, 0.05) is 24.7 Å². The van der Waals surface area contributed by atoms with Gasteiger partial charge in [-0.05, 0) is 40.8 Å². The molecule has 3 amide bonds. The van der Waals surface area contributed by atoms with Crippen LogP contribution in [0.25, 0.3) is 0 Å². The Labute approximate surface area is 189 Å². The van der Waals surface area contributed by atoms with Gasteiger partial charge < -0.3 is 15.5 Å². The maximum Gasteiger partial charge on any atom is 0.319 e. The molecule has 3 aromatic carbocycles. The standard InChI is InChI=1S/C27H29N3O2/c1-19(2)26(31)30-16-15-20-13-14-24(17-23(20)18-30)28-27(32)29-25(21-9-5-3-6-10-21)22-11-7-4-8-12-22/h3-14,17,19,25H,15-16,18H2,1-2H3,(H2,28,29,32). The number of hydrogen-bond donors (Lipinski definition) is 2. The number of nitrogens with one attached hydrogen (secondary N) is 2. The Balaban J connectivity index is 1.49. The minimum atomic E-state index is -0.270. The Morgan fingerprint density at radius 3 is 2.06 bits per heavy atom. The highest BCUT2D eigenvalue weighted by atomic mass is 16.2. The number of amides is 3. The second-order valence-corrected chi connectivity index (χ2v) is 8.50. The van der Waals surface area contributed by atoms with Crippen molar-refractivity contribution in [3.05, 3.63) is 101 Å². The van der Waals surface area contributed by atoms with Crippen molar-refractivity contribution in [1.82, 2.24) is 10.2 Å². The van der Waals surface area contributed by atoms with Gasteiger partial charge in [0.25, 0.3) is 0 Å². The van der Waals surface area contributed by atoms with Crippen LogP contribution in [0.3, 0.4) is 0 Å². The topological polar surface area (TPSA) is 61.4 Å². The van der Waals surface area contributed by atoms with Crippen LogP contribution in [0.5, 0.6) is 0 Å². The lowest BCUT2D eigenvalue weighted by Gasteiger charge is -2.30. The van der Waals surface area contributed by atoms with E-state index in [9.17, 15) is 9.59 Å². The van der Waals surface area contributed by atoms with Crippen LogP contribution in [0.4, 0.5) is 10.5 Å². The van der Waals surface area contributed by atoms with Crippen LogP contribution >= 0.6 is 0 Å². The first-order chi connectivity index (χ1) is 15.5. The number of urea groups is 1. The van der Waals surface area contributed by atoms with Crippen molar-refractivity contribution >= 4 is 17.6 Å². The molecule has 3 aromatic rings. The summed E-state index contributed by atoms with van der Waals surface area (Å²) >= 11 is 0. The third-order valence-electron chi connectivity index (χ3n) is 5.82. The molecule has 0 bridgehead atoms. The number of fused-ring (bicyclic) bond motifs is 1. The van der Waals surface area contributed by atoms with Crippen molar-refractivity contribution in [3.63, 3.8) is 0 Å². The van der Waals surface area contributed by atoms with E-state index in [4.69, 9.17) is 0 Å². The van der Waals surface area contributed by atoms with E-state index in [0.29, 0.717) is 6.54 Å². The molecule has 5 heteroatoms. The quantitative estimate of drug-likeness (QED) is 0.592. The smallest absolute Gasteiger partial charge is 0.319 e. The van der Waals surface area contributed by atoms with Crippen LogP contribution in [-0.2, 0) is 17.8 Å². The zero-order valence-corrected chi connectivity index (χ0v) is 18.5. The van der Waals surface area contributed by atoms with Gasteiger partial charge in [-0.2, -0.15) is 0 Å². The normalized spacial score (nSPS) is 13.1. The largest absolute Gasteiger partial charge is 0.338 e. The summed E-state index contributed by atoms with van der Waals surface area (Å²) in [6, 6.07) is 25.3. The second kappa shape index (κ2) is 9.69. The summed E-state index contributed by atoms with van der Waals surface area (Å²) in [5.74, 6) is 0.150. The number of rotatable bonds is 5. The van der Waals surface area contributed by atoms with Gasteiger partial charge >= 0.3 is 6.03 Å². The molecule has 5 nitrogen and oxygen atoms in total. The average Bonchev–Trinajstić information content (AvgIpc) is 2.82. The molecule has 0 radical (unpaired) electrons. The highest BCUT2D eigenvalue weighted by Gasteiger charge is 2.23. The van der Waals surface area contributed by atoms with Gasteiger partial charge in [0.05, 0.1) is 6.04 Å². The van der Waals surface area contributed by atoms with Gasteiger partial charge in [-0.15, -0.1) is 0 Å². The monoisotopic (exact) mass is 427 g/mol. The van der Waals surface area contributed by atoms with E-state index in [0.717, 1.165) is 35.3 Å². The molecule has 0 atom stereocenters. The van der Waals surface area contributed by atoms with Crippen molar-refractivity contribution in [3.8, 4) is 0 Å². The van der Waals surface area contributed by atoms with E-state index in [2.05, 4.69) is 10.6 Å². The Morgan fingerprint density at radius 2 is 1.47 bits per heavy atom. The molecule has 0 saturated heterocycles. The maximum atomic E-state index is 12.9. The molecule has 1 aliphatic heterocycles. The summed E-state index contributed by atoms with van der Waals surface area (Å²) in [7, 11) is 0. The summed E-state index contributed by atoms with van der Waals surface area (Å²) < 4.78 is 0. The van der Waals surface area contributed by atoms with Gasteiger partial charge in [-0.25, -0.2) is 4.79 Å². The fourth-order valence-electron chi connectivity index (χ4n) is 4.14. The molecule has 0 aromatic heterocycles. The van der Waals surface area contributed by atoms with Gasteiger partial charge in [-0.1, -0.05) is 80.6 Å². The van der Waals surface area contributed by atoms with Crippen molar-refractivity contribution in [2.24, 2.45) is 5.92 Å². The van der Waals surface area contributed by atoms with Crippen LogP contribution in [0.2, 0.25) is 0 Å². The average molecular weight is 428 g/mol. The number of nitrogens with zero attached hydrogens (tertiary/aromatic N) is 1. The Bertz CT molecular complexity index is 1040. The minimum absolute atomic E-state index is 0.0171. The van der Waals surface area contributed by atoms with Crippen LogP contribution in [-0.4, -0.2) is 23.4 Å². The molecular formula is C27H29N3O2. The van der Waals surface area contributed by atoms with Crippen molar-refractivity contribution in [2.45, 2.75) is 32.9 Å². The first-order valence-electron chi connectivity index (χ1n) is 11.1. The fourth-order valence-corrected chi connectivity index (χ4v) is 4.14. The lowest BCUT2D eigenvalue weighted by atomic mass is 9.98. The van der Waals surface area contributed by atoms with Crippen molar-refractivity contribution < 1.29 is 9.59 Å². The molecule has 1 aliphatic rings. The summed E-state index contributed by atoms with van der Waals surface area (Å²) in [5.41, 5.74) is 5.07. The van der Waals surface area contributed by atoms with Gasteiger partial charge in [0.1, 0.15) is 0 Å². The summed E-state index contributed by atoms with van der Waals surface area (Å²) in [4.78, 5) is 27.2. The van der Waals surface area contributed by atoms with Gasteiger partial charge in [0.2, 0.25) is 5.91 Å². The number of carbonyl (C=O) groups excluding carboxylic acids is 2. The van der Waals surface area contributed by atoms with E-state index < -0.39 is 0 Å². The lowest BCUT2D eigenvalue weighted by Crippen LogP contribution is -2.38. The Morgan fingerprint density at radius 1 is 0.844 bits per heavy atom. The van der Waals surface area contributed by atoms with Crippen LogP contribution < -0.4 is 10.6 Å². The molecule has 0 unspecified atom stereocenters. The molecule has 0 aliphatic carbocycles. The predicted molar refractivity (Wildman–Crippen MR) is 127 cm³/mol. The van der Waals surface area contributed by atoms with Crippen molar-refractivity contribution in [2.75, 3.05) is 11.9 Å². The summed E-state index contributed by atoms with van der Waals surface area (Å²) in [6.45, 7) is 5.18. The lowest BCUT2D eigenvalue weighted by molar-refractivity contribution is -0.135. The summed E-state index contributed by atoms with van der Waals surface area (Å²) in [6.07, 6.45) is 0.838. The zero-order valence-electron chi connectivity index (χ0n) is 18.5. The summed E-state index contributed by atoms with van der Waals surface area (Å²) in [5, 5.41) is 6.08. The molecular weight excluding hydrogens is 398 g/mol. The molecule has 1 heterocycles. The molecule has 32 heavy (non-hydrogen) atoms. The molecule has 0 saturated carbocycles. The molecule has 0 fully saturated rings. The maximum absolute atomic E-state index is 12.9. The highest BCUT2D eigenvalue weighted by Crippen LogP contribution is 2.25. The first kappa shape index (κ1) is 21.6.